The number of aryl methyl sites for hydroxylation is 1. The zero-order chi connectivity index (χ0) is 10.5. The van der Waals surface area contributed by atoms with Crippen molar-refractivity contribution in [1.82, 2.24) is 10.1 Å². The molecule has 0 bridgehead atoms. The van der Waals surface area contributed by atoms with Gasteiger partial charge in [-0.05, 0) is 18.6 Å². The van der Waals surface area contributed by atoms with Gasteiger partial charge in [-0.25, -0.2) is 0 Å². The van der Waals surface area contributed by atoms with E-state index in [0.29, 0.717) is 0 Å². The summed E-state index contributed by atoms with van der Waals surface area (Å²) in [4.78, 5) is 3.97. The molecule has 0 radical (unpaired) electrons. The molecule has 0 aromatic carbocycles. The fourth-order valence-corrected chi connectivity index (χ4v) is 1.44. The molecule has 0 amide bonds. The quantitative estimate of drug-likeness (QED) is 0.764. The molecule has 0 aliphatic carbocycles. The zero-order valence-electron chi connectivity index (χ0n) is 8.81. The van der Waals surface area contributed by atoms with Gasteiger partial charge in [0.25, 0.3) is 0 Å². The third kappa shape index (κ3) is 2.43. The highest BCUT2D eigenvalue weighted by Gasteiger charge is 2.05. The predicted octanol–water partition coefficient (Wildman–Crippen LogP) is 3.08. The van der Waals surface area contributed by atoms with E-state index in [2.05, 4.69) is 17.1 Å². The van der Waals surface area contributed by atoms with Gasteiger partial charge in [-0.2, -0.15) is 0 Å². The van der Waals surface area contributed by atoms with E-state index in [0.717, 1.165) is 29.9 Å². The second kappa shape index (κ2) is 4.73. The highest BCUT2D eigenvalue weighted by Crippen LogP contribution is 2.18. The van der Waals surface area contributed by atoms with E-state index in [1.807, 2.05) is 18.2 Å². The lowest BCUT2D eigenvalue weighted by Gasteiger charge is -1.91. The molecular formula is C12H14N2O. The van der Waals surface area contributed by atoms with Crippen LogP contribution in [0.5, 0.6) is 0 Å². The number of unbranched alkanes of at least 4 members (excludes halogenated alkanes) is 1. The molecule has 2 heterocycles. The predicted molar refractivity (Wildman–Crippen MR) is 58.3 cm³/mol. The van der Waals surface area contributed by atoms with Gasteiger partial charge in [-0.15, -0.1) is 0 Å². The molecule has 0 saturated carbocycles. The maximum atomic E-state index is 5.25. The third-order valence-electron chi connectivity index (χ3n) is 2.31. The Bertz CT molecular complexity index is 409. The van der Waals surface area contributed by atoms with Gasteiger partial charge in [-0.1, -0.05) is 18.5 Å². The van der Waals surface area contributed by atoms with Gasteiger partial charge in [0.15, 0.2) is 0 Å². The van der Waals surface area contributed by atoms with E-state index in [1.54, 1.807) is 12.4 Å². The first-order valence-corrected chi connectivity index (χ1v) is 5.26. The van der Waals surface area contributed by atoms with Crippen LogP contribution >= 0.6 is 0 Å². The molecule has 2 aromatic rings. The van der Waals surface area contributed by atoms with Crippen LogP contribution in [0.3, 0.4) is 0 Å². The van der Waals surface area contributed by atoms with Crippen molar-refractivity contribution in [2.24, 2.45) is 0 Å². The summed E-state index contributed by atoms with van der Waals surface area (Å²) >= 11 is 0. The van der Waals surface area contributed by atoms with Gasteiger partial charge in [-0.3, -0.25) is 4.98 Å². The van der Waals surface area contributed by atoms with Crippen molar-refractivity contribution < 1.29 is 4.52 Å². The lowest BCUT2D eigenvalue weighted by atomic mass is 10.1. The molecule has 0 N–H and O–H groups in total. The first kappa shape index (κ1) is 9.90. The smallest absolute Gasteiger partial charge is 0.137 e. The van der Waals surface area contributed by atoms with E-state index in [9.17, 15) is 0 Å². The van der Waals surface area contributed by atoms with Crippen molar-refractivity contribution in [2.75, 3.05) is 0 Å². The number of aromatic nitrogens is 2. The molecular weight excluding hydrogens is 188 g/mol. The average molecular weight is 202 g/mol. The van der Waals surface area contributed by atoms with Gasteiger partial charge in [0, 0.05) is 30.4 Å². The van der Waals surface area contributed by atoms with Crippen molar-refractivity contribution in [3.8, 4) is 11.3 Å². The van der Waals surface area contributed by atoms with E-state index < -0.39 is 0 Å². The van der Waals surface area contributed by atoms with Crippen LogP contribution in [0.2, 0.25) is 0 Å². The van der Waals surface area contributed by atoms with Gasteiger partial charge < -0.3 is 4.52 Å². The van der Waals surface area contributed by atoms with Crippen LogP contribution < -0.4 is 0 Å². The summed E-state index contributed by atoms with van der Waals surface area (Å²) in [5.74, 6) is 0.962. The van der Waals surface area contributed by atoms with Gasteiger partial charge in [0.2, 0.25) is 0 Å². The summed E-state index contributed by atoms with van der Waals surface area (Å²) in [5, 5.41) is 4.04. The Hall–Kier alpha value is -1.64. The van der Waals surface area contributed by atoms with E-state index in [4.69, 9.17) is 4.52 Å². The molecule has 0 unspecified atom stereocenters. The molecule has 2 aromatic heterocycles. The van der Waals surface area contributed by atoms with Gasteiger partial charge in [0.05, 0.1) is 0 Å². The van der Waals surface area contributed by atoms with Crippen LogP contribution in [-0.2, 0) is 6.42 Å². The minimum atomic E-state index is 0.892. The summed E-state index contributed by atoms with van der Waals surface area (Å²) in [5.41, 5.74) is 1.94. The van der Waals surface area contributed by atoms with E-state index >= 15 is 0 Å². The normalized spacial score (nSPS) is 10.5. The Morgan fingerprint density at radius 1 is 1.27 bits per heavy atom. The van der Waals surface area contributed by atoms with Crippen molar-refractivity contribution >= 4 is 0 Å². The molecule has 0 fully saturated rings. The Labute approximate surface area is 89.1 Å². The molecule has 0 aliphatic heterocycles. The minimum absolute atomic E-state index is 0.892. The lowest BCUT2D eigenvalue weighted by molar-refractivity contribution is 0.382. The van der Waals surface area contributed by atoms with E-state index in [-0.39, 0.29) is 0 Å². The fraction of sp³-hybridized carbons (Fsp3) is 0.333. The minimum Gasteiger partial charge on any atom is -0.361 e. The standard InChI is InChI=1S/C12H14N2O/c1-2-3-4-11-9-12(14-15-11)10-5-7-13-8-6-10/h5-9H,2-4H2,1H3. The van der Waals surface area contributed by atoms with Crippen molar-refractivity contribution in [3.05, 3.63) is 36.4 Å². The molecule has 3 heteroatoms. The Morgan fingerprint density at radius 2 is 2.07 bits per heavy atom. The Kier molecular flexibility index (Phi) is 3.12. The highest BCUT2D eigenvalue weighted by atomic mass is 16.5. The van der Waals surface area contributed by atoms with Gasteiger partial charge in [0.1, 0.15) is 11.5 Å². The lowest BCUT2D eigenvalue weighted by Crippen LogP contribution is -1.79. The van der Waals surface area contributed by atoms with Crippen LogP contribution in [0, 0.1) is 0 Å². The highest BCUT2D eigenvalue weighted by molar-refractivity contribution is 5.57. The largest absolute Gasteiger partial charge is 0.361 e. The number of hydrogen-bond acceptors (Lipinski definition) is 3. The van der Waals surface area contributed by atoms with Crippen molar-refractivity contribution in [3.63, 3.8) is 0 Å². The number of nitrogens with zero attached hydrogens (tertiary/aromatic N) is 2. The average Bonchev–Trinajstić information content (AvgIpc) is 2.76. The number of pyridine rings is 1. The molecule has 0 spiro atoms. The Balaban J connectivity index is 2.14. The summed E-state index contributed by atoms with van der Waals surface area (Å²) in [7, 11) is 0. The molecule has 2 rings (SSSR count). The summed E-state index contributed by atoms with van der Waals surface area (Å²) in [6.45, 7) is 2.17. The first-order chi connectivity index (χ1) is 7.40. The molecule has 78 valence electrons. The molecule has 0 aliphatic rings. The van der Waals surface area contributed by atoms with Crippen LogP contribution in [0.15, 0.2) is 35.1 Å². The van der Waals surface area contributed by atoms with E-state index in [1.165, 1.54) is 6.42 Å². The number of rotatable bonds is 4. The second-order valence-electron chi connectivity index (χ2n) is 3.52. The Morgan fingerprint density at radius 3 is 2.80 bits per heavy atom. The van der Waals surface area contributed by atoms with Crippen LogP contribution in [-0.4, -0.2) is 10.1 Å². The molecule has 3 nitrogen and oxygen atoms in total. The van der Waals surface area contributed by atoms with Crippen LogP contribution in [0.25, 0.3) is 11.3 Å². The summed E-state index contributed by atoms with van der Waals surface area (Å²) in [6.07, 6.45) is 6.80. The van der Waals surface area contributed by atoms with Crippen molar-refractivity contribution in [1.29, 1.82) is 0 Å². The van der Waals surface area contributed by atoms with Crippen molar-refractivity contribution in [2.45, 2.75) is 26.2 Å². The summed E-state index contributed by atoms with van der Waals surface area (Å²) in [6, 6.07) is 5.87. The third-order valence-corrected chi connectivity index (χ3v) is 2.31. The maximum Gasteiger partial charge on any atom is 0.137 e. The topological polar surface area (TPSA) is 38.9 Å². The van der Waals surface area contributed by atoms with Crippen LogP contribution in [0.4, 0.5) is 0 Å². The first-order valence-electron chi connectivity index (χ1n) is 5.26. The molecule has 0 atom stereocenters. The fourth-order valence-electron chi connectivity index (χ4n) is 1.44. The maximum absolute atomic E-state index is 5.25. The molecule has 0 saturated heterocycles. The van der Waals surface area contributed by atoms with Gasteiger partial charge >= 0.3 is 0 Å². The SMILES string of the molecule is CCCCc1cc(-c2ccncc2)no1. The number of hydrogen-bond donors (Lipinski definition) is 0. The second-order valence-corrected chi connectivity index (χ2v) is 3.52. The van der Waals surface area contributed by atoms with Crippen LogP contribution in [0.1, 0.15) is 25.5 Å². The zero-order valence-corrected chi connectivity index (χ0v) is 8.81. The molecule has 15 heavy (non-hydrogen) atoms. The monoisotopic (exact) mass is 202 g/mol. The summed E-state index contributed by atoms with van der Waals surface area (Å²) < 4.78 is 5.25.